The average Bonchev–Trinajstić information content (AvgIpc) is 2.96. The molecule has 2 atom stereocenters. The average molecular weight is 290 g/mol. The van der Waals surface area contributed by atoms with Crippen molar-refractivity contribution >= 4 is 17.3 Å². The number of nitrogens with zero attached hydrogens (tertiary/aromatic N) is 2. The van der Waals surface area contributed by atoms with E-state index in [0.717, 1.165) is 6.07 Å². The number of benzene rings is 1. The molecular formula is C13H14N4O4. The van der Waals surface area contributed by atoms with Gasteiger partial charge in [-0.3, -0.25) is 14.9 Å². The SMILES string of the molecule is N#Cc1cc([N+](=O)[O-])ccc1NC(=O)C1CCC(CN)O1. The van der Waals surface area contributed by atoms with Crippen molar-refractivity contribution in [1.82, 2.24) is 0 Å². The highest BCUT2D eigenvalue weighted by Crippen LogP contribution is 2.24. The van der Waals surface area contributed by atoms with Crippen LogP contribution in [0.3, 0.4) is 0 Å². The summed E-state index contributed by atoms with van der Waals surface area (Å²) in [5.41, 5.74) is 5.53. The van der Waals surface area contributed by atoms with Gasteiger partial charge in [0.2, 0.25) is 0 Å². The maximum absolute atomic E-state index is 12.0. The minimum absolute atomic E-state index is 0.0333. The minimum Gasteiger partial charge on any atom is -0.364 e. The number of non-ortho nitro benzene ring substituents is 1. The molecule has 1 fully saturated rings. The van der Waals surface area contributed by atoms with E-state index in [0.29, 0.717) is 19.4 Å². The third kappa shape index (κ3) is 3.34. The molecule has 8 nitrogen and oxygen atoms in total. The van der Waals surface area contributed by atoms with E-state index < -0.39 is 11.0 Å². The maximum atomic E-state index is 12.0. The van der Waals surface area contributed by atoms with Crippen LogP contribution in [0.2, 0.25) is 0 Å². The first kappa shape index (κ1) is 14.9. The molecule has 1 aliphatic heterocycles. The van der Waals surface area contributed by atoms with Crippen LogP contribution in [0.25, 0.3) is 0 Å². The molecule has 1 aromatic rings. The number of anilines is 1. The molecule has 1 heterocycles. The second-order valence-corrected chi connectivity index (χ2v) is 4.65. The number of ether oxygens (including phenoxy) is 1. The second kappa shape index (κ2) is 6.30. The van der Waals surface area contributed by atoms with Crippen LogP contribution >= 0.6 is 0 Å². The van der Waals surface area contributed by atoms with Crippen molar-refractivity contribution in [2.45, 2.75) is 25.0 Å². The van der Waals surface area contributed by atoms with Crippen molar-refractivity contribution in [3.8, 4) is 6.07 Å². The fourth-order valence-electron chi connectivity index (χ4n) is 2.13. The summed E-state index contributed by atoms with van der Waals surface area (Å²) >= 11 is 0. The number of nitrogens with two attached hydrogens (primary N) is 1. The maximum Gasteiger partial charge on any atom is 0.270 e. The van der Waals surface area contributed by atoms with E-state index in [1.165, 1.54) is 12.1 Å². The quantitative estimate of drug-likeness (QED) is 0.625. The zero-order valence-electron chi connectivity index (χ0n) is 11.1. The molecule has 0 aromatic heterocycles. The number of nitro groups is 1. The van der Waals surface area contributed by atoms with Crippen molar-refractivity contribution in [3.63, 3.8) is 0 Å². The Morgan fingerprint density at radius 3 is 2.90 bits per heavy atom. The van der Waals surface area contributed by atoms with Gasteiger partial charge >= 0.3 is 0 Å². The highest BCUT2D eigenvalue weighted by atomic mass is 16.6. The third-order valence-corrected chi connectivity index (χ3v) is 3.26. The molecule has 2 rings (SSSR count). The molecule has 1 saturated heterocycles. The smallest absolute Gasteiger partial charge is 0.270 e. The van der Waals surface area contributed by atoms with Gasteiger partial charge in [-0.15, -0.1) is 0 Å². The lowest BCUT2D eigenvalue weighted by Gasteiger charge is -2.13. The number of hydrogen-bond donors (Lipinski definition) is 2. The Balaban J connectivity index is 2.11. The van der Waals surface area contributed by atoms with E-state index in [2.05, 4.69) is 5.32 Å². The van der Waals surface area contributed by atoms with E-state index in [1.54, 1.807) is 0 Å². The van der Waals surface area contributed by atoms with Gasteiger partial charge in [-0.05, 0) is 18.9 Å². The van der Waals surface area contributed by atoms with Crippen molar-refractivity contribution in [3.05, 3.63) is 33.9 Å². The summed E-state index contributed by atoms with van der Waals surface area (Å²) < 4.78 is 5.45. The summed E-state index contributed by atoms with van der Waals surface area (Å²) in [5, 5.41) is 22.2. The van der Waals surface area contributed by atoms with E-state index >= 15 is 0 Å². The van der Waals surface area contributed by atoms with Crippen LogP contribution in [-0.2, 0) is 9.53 Å². The Labute approximate surface area is 120 Å². The Kier molecular flexibility index (Phi) is 4.47. The lowest BCUT2D eigenvalue weighted by molar-refractivity contribution is -0.384. The lowest BCUT2D eigenvalue weighted by Crippen LogP contribution is -2.30. The highest BCUT2D eigenvalue weighted by molar-refractivity contribution is 5.95. The zero-order chi connectivity index (χ0) is 15.4. The number of hydrogen-bond acceptors (Lipinski definition) is 6. The second-order valence-electron chi connectivity index (χ2n) is 4.65. The summed E-state index contributed by atoms with van der Waals surface area (Å²) in [4.78, 5) is 22.1. The van der Waals surface area contributed by atoms with Gasteiger partial charge in [-0.2, -0.15) is 5.26 Å². The number of carbonyl (C=O) groups is 1. The van der Waals surface area contributed by atoms with Gasteiger partial charge in [0.25, 0.3) is 11.6 Å². The number of amides is 1. The first-order chi connectivity index (χ1) is 10.0. The van der Waals surface area contributed by atoms with Crippen LogP contribution < -0.4 is 11.1 Å². The molecule has 0 aliphatic carbocycles. The Bertz CT molecular complexity index is 611. The summed E-state index contributed by atoms with van der Waals surface area (Å²) in [7, 11) is 0. The first-order valence-electron chi connectivity index (χ1n) is 6.40. The number of rotatable bonds is 4. The molecule has 1 amide bonds. The molecule has 1 aliphatic rings. The topological polar surface area (TPSA) is 131 Å². The van der Waals surface area contributed by atoms with Crippen LogP contribution in [0.5, 0.6) is 0 Å². The monoisotopic (exact) mass is 290 g/mol. The van der Waals surface area contributed by atoms with Gasteiger partial charge < -0.3 is 15.8 Å². The van der Waals surface area contributed by atoms with Crippen molar-refractivity contribution in [2.75, 3.05) is 11.9 Å². The molecule has 110 valence electrons. The van der Waals surface area contributed by atoms with Crippen LogP contribution in [0.15, 0.2) is 18.2 Å². The number of nitriles is 1. The van der Waals surface area contributed by atoms with Crippen LogP contribution in [0.4, 0.5) is 11.4 Å². The number of carbonyl (C=O) groups excluding carboxylic acids is 1. The standard InChI is InChI=1S/C13H14N4O4/c14-6-8-5-9(17(19)20)1-3-11(8)16-13(18)12-4-2-10(7-15)21-12/h1,3,5,10,12H,2,4,7,15H2,(H,16,18). The Hall–Kier alpha value is -2.50. The van der Waals surface area contributed by atoms with Gasteiger partial charge in [0, 0.05) is 18.7 Å². The first-order valence-corrected chi connectivity index (χ1v) is 6.40. The van der Waals surface area contributed by atoms with Gasteiger partial charge in [0.15, 0.2) is 0 Å². The summed E-state index contributed by atoms with van der Waals surface area (Å²) in [6, 6.07) is 5.51. The summed E-state index contributed by atoms with van der Waals surface area (Å²) in [6.45, 7) is 0.352. The fourth-order valence-corrected chi connectivity index (χ4v) is 2.13. The molecule has 0 bridgehead atoms. The molecule has 3 N–H and O–H groups in total. The van der Waals surface area contributed by atoms with E-state index in [9.17, 15) is 14.9 Å². The molecular weight excluding hydrogens is 276 g/mol. The van der Waals surface area contributed by atoms with Crippen molar-refractivity contribution < 1.29 is 14.5 Å². The number of nitrogens with one attached hydrogen (secondary N) is 1. The van der Waals surface area contributed by atoms with Crippen LogP contribution in [0, 0.1) is 21.4 Å². The van der Waals surface area contributed by atoms with Gasteiger partial charge in [-0.1, -0.05) is 0 Å². The summed E-state index contributed by atoms with van der Waals surface area (Å²) in [6.07, 6.45) is 0.524. The predicted molar refractivity (Wildman–Crippen MR) is 73.4 cm³/mol. The van der Waals surface area contributed by atoms with E-state index in [4.69, 9.17) is 15.7 Å². The highest BCUT2D eigenvalue weighted by Gasteiger charge is 2.30. The molecule has 21 heavy (non-hydrogen) atoms. The van der Waals surface area contributed by atoms with Crippen LogP contribution in [-0.4, -0.2) is 29.6 Å². The predicted octanol–water partition coefficient (Wildman–Crippen LogP) is 0.911. The molecule has 0 radical (unpaired) electrons. The summed E-state index contributed by atoms with van der Waals surface area (Å²) in [5.74, 6) is -0.378. The zero-order valence-corrected chi connectivity index (χ0v) is 11.1. The van der Waals surface area contributed by atoms with E-state index in [-0.39, 0.29) is 28.9 Å². The van der Waals surface area contributed by atoms with Gasteiger partial charge in [0.1, 0.15) is 12.2 Å². The third-order valence-electron chi connectivity index (χ3n) is 3.26. The lowest BCUT2D eigenvalue weighted by atomic mass is 10.1. The van der Waals surface area contributed by atoms with Crippen molar-refractivity contribution in [1.29, 1.82) is 5.26 Å². The largest absolute Gasteiger partial charge is 0.364 e. The van der Waals surface area contributed by atoms with Gasteiger partial charge in [0.05, 0.1) is 22.3 Å². The Morgan fingerprint density at radius 2 is 2.33 bits per heavy atom. The fraction of sp³-hybridized carbons (Fsp3) is 0.385. The van der Waals surface area contributed by atoms with Gasteiger partial charge in [-0.25, -0.2) is 0 Å². The molecule has 0 spiro atoms. The van der Waals surface area contributed by atoms with Crippen molar-refractivity contribution in [2.24, 2.45) is 5.73 Å². The molecule has 0 saturated carbocycles. The Morgan fingerprint density at radius 1 is 1.57 bits per heavy atom. The van der Waals surface area contributed by atoms with Crippen LogP contribution in [0.1, 0.15) is 18.4 Å². The minimum atomic E-state index is -0.611. The molecule has 2 unspecified atom stereocenters. The molecule has 1 aromatic carbocycles. The molecule has 8 heteroatoms. The van der Waals surface area contributed by atoms with E-state index in [1.807, 2.05) is 6.07 Å². The normalized spacial score (nSPS) is 20.8. The number of nitro benzene ring substituents is 1.